The maximum Gasteiger partial charge on any atom is 0.264 e. The molecule has 1 unspecified atom stereocenters. The normalized spacial score (nSPS) is 16.5. The third-order valence-electron chi connectivity index (χ3n) is 1.54. The first-order valence-corrected chi connectivity index (χ1v) is 8.90. The van der Waals surface area contributed by atoms with E-state index in [0.717, 1.165) is 6.26 Å². The Bertz CT molecular complexity index is 214. The molecule has 5 heteroatoms. The van der Waals surface area contributed by atoms with Gasteiger partial charge in [0.25, 0.3) is 10.1 Å². The predicted molar refractivity (Wildman–Crippen MR) is 48.7 cm³/mol. The molecule has 0 saturated carbocycles. The van der Waals surface area contributed by atoms with E-state index in [4.69, 9.17) is 4.18 Å². The Balaban J connectivity index is 4.21. The second-order valence-electron chi connectivity index (χ2n) is 3.81. The van der Waals surface area contributed by atoms with E-state index in [0.29, 0.717) is 0 Å². The summed E-state index contributed by atoms with van der Waals surface area (Å²) in [5, 5.41) is 0. The molecule has 0 aliphatic heterocycles. The van der Waals surface area contributed by atoms with Gasteiger partial charge in [-0.05, 0) is 6.92 Å². The summed E-state index contributed by atoms with van der Waals surface area (Å²) in [4.78, 5) is 0. The second-order valence-corrected chi connectivity index (χ2v) is 11.0. The summed E-state index contributed by atoms with van der Waals surface area (Å²) in [6, 6.07) is 0. The first-order chi connectivity index (χ1) is 4.63. The lowest BCUT2D eigenvalue weighted by Gasteiger charge is -2.23. The van der Waals surface area contributed by atoms with Gasteiger partial charge in [0.05, 0.1) is 20.1 Å². The van der Waals surface area contributed by atoms with Gasteiger partial charge < -0.3 is 0 Å². The van der Waals surface area contributed by atoms with E-state index >= 15 is 0 Å². The molecule has 0 radical (unpaired) electrons. The molecule has 0 fully saturated rings. The summed E-state index contributed by atoms with van der Waals surface area (Å²) in [6.07, 6.45) is 1.09. The minimum Gasteiger partial charge on any atom is -0.271 e. The van der Waals surface area contributed by atoms with Crippen molar-refractivity contribution in [2.75, 3.05) is 6.26 Å². The molecule has 0 N–H and O–H groups in total. The van der Waals surface area contributed by atoms with Crippen LogP contribution in [0.1, 0.15) is 6.92 Å². The van der Waals surface area contributed by atoms with Crippen molar-refractivity contribution in [2.24, 2.45) is 0 Å². The van der Waals surface area contributed by atoms with E-state index in [9.17, 15) is 8.42 Å². The lowest BCUT2D eigenvalue weighted by molar-refractivity contribution is 0.296. The third kappa shape index (κ3) is 5.40. The highest BCUT2D eigenvalue weighted by molar-refractivity contribution is 7.86. The Labute approximate surface area is 69.9 Å². The summed E-state index contributed by atoms with van der Waals surface area (Å²) >= 11 is 0. The molecular weight excluding hydrogens is 180 g/mol. The number of hydrogen-bond donors (Lipinski definition) is 0. The molecule has 0 aromatic heterocycles. The van der Waals surface area contributed by atoms with Crippen molar-refractivity contribution in [2.45, 2.75) is 32.3 Å². The largest absolute Gasteiger partial charge is 0.271 e. The Morgan fingerprint density at radius 2 is 1.64 bits per heavy atom. The quantitative estimate of drug-likeness (QED) is 0.504. The van der Waals surface area contributed by atoms with Crippen LogP contribution in [0.25, 0.3) is 0 Å². The molecule has 68 valence electrons. The fraction of sp³-hybridized carbons (Fsp3) is 1.00. The fourth-order valence-corrected chi connectivity index (χ4v) is 2.61. The molecule has 11 heavy (non-hydrogen) atoms. The Morgan fingerprint density at radius 1 is 1.27 bits per heavy atom. The van der Waals surface area contributed by atoms with E-state index in [1.807, 2.05) is 6.92 Å². The SMILES string of the molecule is CC(OS(C)(=O)=O)[Si](C)(C)C. The average Bonchev–Trinajstić information content (AvgIpc) is 1.56. The van der Waals surface area contributed by atoms with Gasteiger partial charge in [-0.25, -0.2) is 0 Å². The molecule has 0 aliphatic carbocycles. The standard InChI is InChI=1S/C6H16O3SSi/c1-6(11(3,4)5)9-10(2,7)8/h6H,1-5H3. The highest BCUT2D eigenvalue weighted by atomic mass is 32.2. The van der Waals surface area contributed by atoms with Gasteiger partial charge in [-0.1, -0.05) is 19.6 Å². The van der Waals surface area contributed by atoms with Crippen LogP contribution in [0, 0.1) is 0 Å². The van der Waals surface area contributed by atoms with Gasteiger partial charge in [0.1, 0.15) is 0 Å². The minimum atomic E-state index is -3.27. The van der Waals surface area contributed by atoms with Crippen molar-refractivity contribution in [3.63, 3.8) is 0 Å². The first kappa shape index (κ1) is 11.1. The zero-order valence-electron chi connectivity index (χ0n) is 7.71. The molecule has 0 bridgehead atoms. The summed E-state index contributed by atoms with van der Waals surface area (Å²) < 4.78 is 26.2. The summed E-state index contributed by atoms with van der Waals surface area (Å²) in [7, 11) is -4.74. The molecule has 3 nitrogen and oxygen atoms in total. The Hall–Kier alpha value is 0.127. The summed E-state index contributed by atoms with van der Waals surface area (Å²) in [6.45, 7) is 8.03. The van der Waals surface area contributed by atoms with Crippen LogP contribution in [0.2, 0.25) is 19.6 Å². The zero-order valence-corrected chi connectivity index (χ0v) is 9.53. The van der Waals surface area contributed by atoms with Gasteiger partial charge in [0.2, 0.25) is 0 Å². The lowest BCUT2D eigenvalue weighted by Crippen LogP contribution is -2.39. The van der Waals surface area contributed by atoms with E-state index in [2.05, 4.69) is 19.6 Å². The van der Waals surface area contributed by atoms with Crippen molar-refractivity contribution in [1.29, 1.82) is 0 Å². The second kappa shape index (κ2) is 3.24. The van der Waals surface area contributed by atoms with Crippen LogP contribution in [-0.4, -0.2) is 28.5 Å². The smallest absolute Gasteiger partial charge is 0.264 e. The lowest BCUT2D eigenvalue weighted by atomic mass is 10.9. The van der Waals surface area contributed by atoms with Gasteiger partial charge in [-0.15, -0.1) is 0 Å². The number of hydrogen-bond acceptors (Lipinski definition) is 3. The molecule has 0 aromatic rings. The Kier molecular flexibility index (Phi) is 3.28. The van der Waals surface area contributed by atoms with Crippen LogP contribution in [0.15, 0.2) is 0 Å². The van der Waals surface area contributed by atoms with Crippen LogP contribution >= 0.6 is 0 Å². The monoisotopic (exact) mass is 196 g/mol. The molecule has 0 amide bonds. The van der Waals surface area contributed by atoms with Crippen molar-refractivity contribution in [3.8, 4) is 0 Å². The van der Waals surface area contributed by atoms with E-state index in [1.165, 1.54) is 0 Å². The topological polar surface area (TPSA) is 43.4 Å². The van der Waals surface area contributed by atoms with Gasteiger partial charge >= 0.3 is 0 Å². The zero-order chi connectivity index (χ0) is 9.28. The molecular formula is C6H16O3SSi. The van der Waals surface area contributed by atoms with Crippen molar-refractivity contribution in [1.82, 2.24) is 0 Å². The van der Waals surface area contributed by atoms with Crippen LogP contribution in [-0.2, 0) is 14.3 Å². The minimum absolute atomic E-state index is 0.141. The highest BCUT2D eigenvalue weighted by Gasteiger charge is 2.26. The summed E-state index contributed by atoms with van der Waals surface area (Å²) in [5.41, 5.74) is -0.141. The van der Waals surface area contributed by atoms with Gasteiger partial charge in [-0.3, -0.25) is 4.18 Å². The first-order valence-electron chi connectivity index (χ1n) is 3.51. The summed E-state index contributed by atoms with van der Waals surface area (Å²) in [5.74, 6) is 0. The molecule has 0 spiro atoms. The van der Waals surface area contributed by atoms with Crippen LogP contribution in [0.3, 0.4) is 0 Å². The van der Waals surface area contributed by atoms with Crippen LogP contribution in [0.4, 0.5) is 0 Å². The van der Waals surface area contributed by atoms with Crippen molar-refractivity contribution in [3.05, 3.63) is 0 Å². The molecule has 0 heterocycles. The van der Waals surface area contributed by atoms with Gasteiger partial charge in [0.15, 0.2) is 0 Å². The molecule has 0 aromatic carbocycles. The highest BCUT2D eigenvalue weighted by Crippen LogP contribution is 2.12. The van der Waals surface area contributed by atoms with Crippen molar-refractivity contribution >= 4 is 18.2 Å². The number of rotatable bonds is 3. The molecule has 0 aliphatic rings. The predicted octanol–water partition coefficient (Wildman–Crippen LogP) is 1.23. The molecule has 0 saturated heterocycles. The Morgan fingerprint density at radius 3 is 1.73 bits per heavy atom. The van der Waals surface area contributed by atoms with Crippen LogP contribution < -0.4 is 0 Å². The van der Waals surface area contributed by atoms with Gasteiger partial charge in [0, 0.05) is 0 Å². The van der Waals surface area contributed by atoms with Crippen LogP contribution in [0.5, 0.6) is 0 Å². The maximum atomic E-state index is 10.7. The molecule has 1 atom stereocenters. The fourth-order valence-electron chi connectivity index (χ4n) is 0.407. The van der Waals surface area contributed by atoms with Crippen molar-refractivity contribution < 1.29 is 12.6 Å². The average molecular weight is 196 g/mol. The maximum absolute atomic E-state index is 10.7. The van der Waals surface area contributed by atoms with E-state index < -0.39 is 18.2 Å². The molecule has 0 rings (SSSR count). The van der Waals surface area contributed by atoms with Gasteiger partial charge in [-0.2, -0.15) is 8.42 Å². The third-order valence-corrected chi connectivity index (χ3v) is 4.90. The van der Waals surface area contributed by atoms with E-state index in [1.54, 1.807) is 0 Å². The van der Waals surface area contributed by atoms with E-state index in [-0.39, 0.29) is 5.73 Å².